The smallest absolute Gasteiger partial charge is 0.342 e. The summed E-state index contributed by atoms with van der Waals surface area (Å²) in [6.07, 6.45) is 0.636. The van der Waals surface area contributed by atoms with Crippen molar-refractivity contribution >= 4 is 24.8 Å². The van der Waals surface area contributed by atoms with Crippen LogP contribution in [0.25, 0.3) is 10.8 Å². The Morgan fingerprint density at radius 3 is 2.23 bits per heavy atom. The quantitative estimate of drug-likeness (QED) is 0.218. The van der Waals surface area contributed by atoms with Gasteiger partial charge in [-0.1, -0.05) is 116 Å². The van der Waals surface area contributed by atoms with Crippen molar-refractivity contribution in [3.05, 3.63) is 120 Å². The molecule has 0 amide bonds. The molecule has 0 unspecified atom stereocenters. The number of rotatable bonds is 6. The molecule has 4 heteroatoms. The minimum absolute atomic E-state index is 0.257. The number of methoxy groups -OCH3 is 1. The Balaban J connectivity index is 1.62. The molecule has 0 saturated carbocycles. The van der Waals surface area contributed by atoms with Crippen molar-refractivity contribution in [2.45, 2.75) is 36.2 Å². The second-order valence-electron chi connectivity index (χ2n) is 10.1. The predicted octanol–water partition coefficient (Wildman–Crippen LogP) is 7.08. The molecule has 1 aliphatic heterocycles. The molecule has 1 saturated heterocycles. The van der Waals surface area contributed by atoms with Crippen LogP contribution in [0, 0.1) is 0 Å². The van der Waals surface area contributed by atoms with Crippen LogP contribution in [0.1, 0.15) is 28.7 Å². The number of hydrogen-bond acceptors (Lipinski definition) is 3. The molecule has 35 heavy (non-hydrogen) atoms. The van der Waals surface area contributed by atoms with Gasteiger partial charge in [-0.3, -0.25) is 0 Å². The lowest BCUT2D eigenvalue weighted by Crippen LogP contribution is -2.43. The average molecular weight is 481 g/mol. The van der Waals surface area contributed by atoms with Gasteiger partial charge in [0.05, 0.1) is 15.2 Å². The number of hydrogen-bond donors (Lipinski definition) is 0. The van der Waals surface area contributed by atoms with Crippen LogP contribution < -0.4 is 0 Å². The SMILES string of the molecule is COC(=O)[C@]1(c2ccccc2)C[C@H]([Si](C)(C)[C@H](c2ccccc2)c2cccc3ccccc23)CO1. The lowest BCUT2D eigenvalue weighted by molar-refractivity contribution is -0.165. The van der Waals surface area contributed by atoms with Gasteiger partial charge in [-0.2, -0.15) is 0 Å². The summed E-state index contributed by atoms with van der Waals surface area (Å²) in [6.45, 7) is 5.47. The van der Waals surface area contributed by atoms with E-state index in [1.165, 1.54) is 29.0 Å². The maximum atomic E-state index is 13.2. The Labute approximate surface area is 208 Å². The van der Waals surface area contributed by atoms with Crippen molar-refractivity contribution < 1.29 is 14.3 Å². The molecule has 0 aromatic heterocycles. The van der Waals surface area contributed by atoms with Gasteiger partial charge >= 0.3 is 5.97 Å². The minimum Gasteiger partial charge on any atom is -0.467 e. The number of carbonyl (C=O) groups is 1. The van der Waals surface area contributed by atoms with Gasteiger partial charge in [0.15, 0.2) is 5.60 Å². The summed E-state index contributed by atoms with van der Waals surface area (Å²) in [5, 5.41) is 2.55. The molecule has 3 atom stereocenters. The molecule has 0 aliphatic carbocycles. The van der Waals surface area contributed by atoms with E-state index in [0.717, 1.165) is 5.56 Å². The topological polar surface area (TPSA) is 35.5 Å². The van der Waals surface area contributed by atoms with Crippen LogP contribution in [0.5, 0.6) is 0 Å². The summed E-state index contributed by atoms with van der Waals surface area (Å²) in [4.78, 5) is 13.2. The maximum absolute atomic E-state index is 13.2. The largest absolute Gasteiger partial charge is 0.467 e. The maximum Gasteiger partial charge on any atom is 0.342 e. The molecular weight excluding hydrogens is 448 g/mol. The van der Waals surface area contributed by atoms with Gasteiger partial charge < -0.3 is 9.47 Å². The molecular formula is C31H32O3Si. The van der Waals surface area contributed by atoms with Gasteiger partial charge in [0.2, 0.25) is 0 Å². The summed E-state index contributed by atoms with van der Waals surface area (Å²) < 4.78 is 11.7. The molecule has 5 rings (SSSR count). The Morgan fingerprint density at radius 2 is 1.51 bits per heavy atom. The second kappa shape index (κ2) is 9.44. The van der Waals surface area contributed by atoms with Crippen molar-refractivity contribution in [3.63, 3.8) is 0 Å². The third-order valence-electron chi connectivity index (χ3n) is 7.88. The second-order valence-corrected chi connectivity index (χ2v) is 15.2. The van der Waals surface area contributed by atoms with Crippen LogP contribution in [-0.4, -0.2) is 27.8 Å². The fourth-order valence-corrected chi connectivity index (χ4v) is 9.82. The highest BCUT2D eigenvalue weighted by atomic mass is 28.3. The highest BCUT2D eigenvalue weighted by molar-refractivity contribution is 6.81. The Morgan fingerprint density at radius 1 is 0.886 bits per heavy atom. The van der Waals surface area contributed by atoms with Crippen molar-refractivity contribution in [1.82, 2.24) is 0 Å². The lowest BCUT2D eigenvalue weighted by atomic mass is 9.91. The monoisotopic (exact) mass is 480 g/mol. The fourth-order valence-electron chi connectivity index (χ4n) is 5.91. The van der Waals surface area contributed by atoms with E-state index < -0.39 is 13.7 Å². The van der Waals surface area contributed by atoms with E-state index in [1.807, 2.05) is 30.3 Å². The molecule has 1 heterocycles. The summed E-state index contributed by atoms with van der Waals surface area (Å²) in [5.74, 6) is -0.308. The summed E-state index contributed by atoms with van der Waals surface area (Å²) >= 11 is 0. The third-order valence-corrected chi connectivity index (χ3v) is 12.5. The summed E-state index contributed by atoms with van der Waals surface area (Å²) in [6, 6.07) is 36.0. The average Bonchev–Trinajstić information content (AvgIpc) is 3.37. The molecule has 4 aromatic carbocycles. The number of esters is 1. The third kappa shape index (κ3) is 4.11. The standard InChI is InChI=1S/C31H32O3Si/c1-33-30(32)31(25-17-8-5-9-18-25)21-26(22-34-31)35(2,3)29(24-14-6-4-7-15-24)28-20-12-16-23-13-10-11-19-27(23)28/h4-20,26,29H,21-22H2,1-3H3/t26-,29+,31+/m0/s1. The first-order valence-electron chi connectivity index (χ1n) is 12.3. The molecule has 0 spiro atoms. The zero-order valence-electron chi connectivity index (χ0n) is 20.6. The first-order valence-corrected chi connectivity index (χ1v) is 15.4. The summed E-state index contributed by atoms with van der Waals surface area (Å²) in [5.41, 5.74) is 3.04. The number of fused-ring (bicyclic) bond motifs is 1. The van der Waals surface area contributed by atoms with Gasteiger partial charge in [-0.15, -0.1) is 0 Å². The van der Waals surface area contributed by atoms with Crippen LogP contribution in [0.2, 0.25) is 18.6 Å². The van der Waals surface area contributed by atoms with E-state index in [1.54, 1.807) is 0 Å². The van der Waals surface area contributed by atoms with Gasteiger partial charge in [-0.05, 0) is 39.4 Å². The van der Waals surface area contributed by atoms with Crippen LogP contribution in [-0.2, 0) is 19.9 Å². The Hall–Kier alpha value is -3.21. The first kappa shape index (κ1) is 23.5. The van der Waals surface area contributed by atoms with Crippen molar-refractivity contribution in [1.29, 1.82) is 0 Å². The lowest BCUT2D eigenvalue weighted by Gasteiger charge is -2.39. The molecule has 0 bridgehead atoms. The molecule has 178 valence electrons. The molecule has 1 aliphatic rings. The van der Waals surface area contributed by atoms with Crippen LogP contribution in [0.15, 0.2) is 103 Å². The van der Waals surface area contributed by atoms with Gasteiger partial charge in [0.1, 0.15) is 0 Å². The Kier molecular flexibility index (Phi) is 6.35. The molecule has 1 fully saturated rings. The van der Waals surface area contributed by atoms with Crippen LogP contribution >= 0.6 is 0 Å². The predicted molar refractivity (Wildman–Crippen MR) is 144 cm³/mol. The van der Waals surface area contributed by atoms with E-state index in [9.17, 15) is 4.79 Å². The van der Waals surface area contributed by atoms with E-state index in [4.69, 9.17) is 9.47 Å². The molecule has 4 aromatic rings. The Bertz CT molecular complexity index is 1310. The van der Waals surface area contributed by atoms with E-state index in [0.29, 0.717) is 13.0 Å². The first-order chi connectivity index (χ1) is 17.0. The normalized spacial score (nSPS) is 21.1. The van der Waals surface area contributed by atoms with Gasteiger partial charge in [-0.25, -0.2) is 4.79 Å². The fraction of sp³-hybridized carbons (Fsp3) is 0.258. The molecule has 3 nitrogen and oxygen atoms in total. The van der Waals surface area contributed by atoms with Gasteiger partial charge in [0, 0.05) is 12.1 Å². The minimum atomic E-state index is -2.11. The summed E-state index contributed by atoms with van der Waals surface area (Å²) in [7, 11) is -0.658. The highest BCUT2D eigenvalue weighted by Gasteiger charge is 2.55. The van der Waals surface area contributed by atoms with Crippen molar-refractivity contribution in [3.8, 4) is 0 Å². The van der Waals surface area contributed by atoms with E-state index in [2.05, 4.69) is 85.9 Å². The van der Waals surface area contributed by atoms with E-state index >= 15 is 0 Å². The van der Waals surface area contributed by atoms with Gasteiger partial charge in [0.25, 0.3) is 0 Å². The number of ether oxygens (including phenoxy) is 2. The van der Waals surface area contributed by atoms with Crippen LogP contribution in [0.3, 0.4) is 0 Å². The zero-order valence-corrected chi connectivity index (χ0v) is 21.6. The van der Waals surface area contributed by atoms with Crippen molar-refractivity contribution in [2.24, 2.45) is 0 Å². The van der Waals surface area contributed by atoms with Crippen LogP contribution in [0.4, 0.5) is 0 Å². The number of benzene rings is 4. The zero-order chi connectivity index (χ0) is 24.5. The molecule has 0 radical (unpaired) electrons. The molecule has 0 N–H and O–H groups in total. The van der Waals surface area contributed by atoms with Crippen molar-refractivity contribution in [2.75, 3.05) is 13.7 Å². The number of carbonyl (C=O) groups excluding carboxylic acids is 1. The van der Waals surface area contributed by atoms with E-state index in [-0.39, 0.29) is 17.1 Å². The highest BCUT2D eigenvalue weighted by Crippen LogP contribution is 2.52.